The molecule has 1 amide bonds. The van der Waals surface area contributed by atoms with Crippen LogP contribution in [-0.4, -0.2) is 34.9 Å². The quantitative estimate of drug-likeness (QED) is 0.0431. The van der Waals surface area contributed by atoms with Crippen molar-refractivity contribution in [1.29, 1.82) is 0 Å². The van der Waals surface area contributed by atoms with Crippen molar-refractivity contribution in [1.82, 2.24) is 5.32 Å². The fourth-order valence-corrected chi connectivity index (χ4v) is 7.59. The summed E-state index contributed by atoms with van der Waals surface area (Å²) in [5.74, 6) is -0.0583. The molecule has 2 atom stereocenters. The van der Waals surface area contributed by atoms with Crippen LogP contribution in [0.5, 0.6) is 0 Å². The highest BCUT2D eigenvalue weighted by Gasteiger charge is 2.18. The normalized spacial score (nSPS) is 12.9. The Morgan fingerprint density at radius 3 is 1.00 bits per heavy atom. The van der Waals surface area contributed by atoms with Crippen molar-refractivity contribution in [3.63, 3.8) is 0 Å². The Labute approximate surface area is 327 Å². The molecule has 3 N–H and O–H groups in total. The van der Waals surface area contributed by atoms with E-state index in [0.29, 0.717) is 6.42 Å². The van der Waals surface area contributed by atoms with Crippen molar-refractivity contribution in [3.8, 4) is 0 Å². The van der Waals surface area contributed by atoms with E-state index in [0.717, 1.165) is 25.7 Å². The molecule has 0 radical (unpaired) electrons. The SMILES string of the molecule is CCCCCCCCCCCCCCC/C=C/[C@@H](O)[C@H](CO)NC(=O)CCCCCCCCCCCCCCCCCCCCCCCCCCC. The first-order chi connectivity index (χ1) is 25.7. The highest BCUT2D eigenvalue weighted by molar-refractivity contribution is 5.76. The van der Waals surface area contributed by atoms with Crippen LogP contribution in [-0.2, 0) is 4.79 Å². The standard InChI is InChI=1S/C48H95NO3/c1-3-5-7-9-11-13-15-17-19-20-21-22-23-24-25-26-27-28-30-32-34-36-38-40-42-44-48(52)49-46(45-50)47(51)43-41-39-37-35-33-31-29-18-16-14-12-10-8-6-4-2/h41,43,46-47,50-51H,3-40,42,44-45H2,1-2H3,(H,49,52)/b43-41+/t46-,47+/m0/s1. The minimum absolute atomic E-state index is 0.0583. The summed E-state index contributed by atoms with van der Waals surface area (Å²) in [5.41, 5.74) is 0. The van der Waals surface area contributed by atoms with Crippen LogP contribution in [0, 0.1) is 0 Å². The van der Waals surface area contributed by atoms with Gasteiger partial charge in [-0.3, -0.25) is 4.79 Å². The first-order valence-corrected chi connectivity index (χ1v) is 23.9. The van der Waals surface area contributed by atoms with Crippen LogP contribution in [0.3, 0.4) is 0 Å². The lowest BCUT2D eigenvalue weighted by molar-refractivity contribution is -0.123. The Hall–Kier alpha value is -0.870. The lowest BCUT2D eigenvalue weighted by Crippen LogP contribution is -2.45. The van der Waals surface area contributed by atoms with Gasteiger partial charge in [-0.1, -0.05) is 257 Å². The third kappa shape index (κ3) is 40.3. The molecule has 0 aliphatic carbocycles. The van der Waals surface area contributed by atoms with Gasteiger partial charge in [0.1, 0.15) is 0 Å². The summed E-state index contributed by atoms with van der Waals surface area (Å²) in [6, 6.07) is -0.616. The van der Waals surface area contributed by atoms with Gasteiger partial charge < -0.3 is 15.5 Å². The second-order valence-electron chi connectivity index (χ2n) is 16.5. The predicted octanol–water partition coefficient (Wildman–Crippen LogP) is 15.0. The molecule has 0 spiro atoms. The van der Waals surface area contributed by atoms with Gasteiger partial charge in [0.05, 0.1) is 18.8 Å². The van der Waals surface area contributed by atoms with Gasteiger partial charge in [-0.25, -0.2) is 0 Å². The summed E-state index contributed by atoms with van der Waals surface area (Å²) in [4.78, 5) is 12.4. The van der Waals surface area contributed by atoms with Crippen molar-refractivity contribution < 1.29 is 15.0 Å². The first-order valence-electron chi connectivity index (χ1n) is 23.9. The Bertz CT molecular complexity index is 710. The number of nitrogens with one attached hydrogen (secondary N) is 1. The Balaban J connectivity index is 3.46. The Morgan fingerprint density at radius 2 is 0.712 bits per heavy atom. The van der Waals surface area contributed by atoms with Crippen molar-refractivity contribution >= 4 is 5.91 Å². The summed E-state index contributed by atoms with van der Waals surface area (Å²) in [7, 11) is 0. The van der Waals surface area contributed by atoms with Gasteiger partial charge in [-0.15, -0.1) is 0 Å². The van der Waals surface area contributed by atoms with Crippen LogP contribution >= 0.6 is 0 Å². The minimum Gasteiger partial charge on any atom is -0.394 e. The number of hydrogen-bond donors (Lipinski definition) is 3. The molecule has 52 heavy (non-hydrogen) atoms. The second-order valence-corrected chi connectivity index (χ2v) is 16.5. The molecule has 310 valence electrons. The van der Waals surface area contributed by atoms with E-state index in [-0.39, 0.29) is 12.5 Å². The number of carbonyl (C=O) groups is 1. The molecular formula is C48H95NO3. The number of unbranched alkanes of at least 4 members (excludes halogenated alkanes) is 37. The van der Waals surface area contributed by atoms with E-state index >= 15 is 0 Å². The van der Waals surface area contributed by atoms with E-state index < -0.39 is 12.1 Å². The number of carbonyl (C=O) groups excluding carboxylic acids is 1. The van der Waals surface area contributed by atoms with Gasteiger partial charge in [0, 0.05) is 6.42 Å². The average molecular weight is 734 g/mol. The van der Waals surface area contributed by atoms with E-state index in [4.69, 9.17) is 0 Å². The van der Waals surface area contributed by atoms with Gasteiger partial charge in [0.2, 0.25) is 5.91 Å². The maximum Gasteiger partial charge on any atom is 0.220 e. The molecule has 0 aromatic heterocycles. The molecule has 0 heterocycles. The number of allylic oxidation sites excluding steroid dienone is 1. The smallest absolute Gasteiger partial charge is 0.220 e. The lowest BCUT2D eigenvalue weighted by atomic mass is 10.0. The van der Waals surface area contributed by atoms with Gasteiger partial charge in [0.15, 0.2) is 0 Å². The van der Waals surface area contributed by atoms with E-state index in [2.05, 4.69) is 19.2 Å². The van der Waals surface area contributed by atoms with Crippen LogP contribution < -0.4 is 5.32 Å². The Morgan fingerprint density at radius 1 is 0.442 bits per heavy atom. The molecule has 0 aliphatic rings. The molecule has 0 saturated carbocycles. The lowest BCUT2D eigenvalue weighted by Gasteiger charge is -2.20. The molecule has 0 fully saturated rings. The molecule has 0 bridgehead atoms. The van der Waals surface area contributed by atoms with E-state index in [1.807, 2.05) is 6.08 Å². The van der Waals surface area contributed by atoms with Crippen molar-refractivity contribution in [3.05, 3.63) is 12.2 Å². The highest BCUT2D eigenvalue weighted by atomic mass is 16.3. The van der Waals surface area contributed by atoms with E-state index in [1.54, 1.807) is 6.08 Å². The number of hydrogen-bond acceptors (Lipinski definition) is 3. The number of aliphatic hydroxyl groups is 2. The molecule has 0 aliphatic heterocycles. The molecule has 0 unspecified atom stereocenters. The second kappa shape index (κ2) is 44.5. The molecule has 0 aromatic carbocycles. The fourth-order valence-electron chi connectivity index (χ4n) is 7.59. The minimum atomic E-state index is -0.833. The van der Waals surface area contributed by atoms with Gasteiger partial charge in [0.25, 0.3) is 0 Å². The molecular weight excluding hydrogens is 639 g/mol. The van der Waals surface area contributed by atoms with E-state index in [9.17, 15) is 15.0 Å². The third-order valence-corrected chi connectivity index (χ3v) is 11.3. The van der Waals surface area contributed by atoms with Crippen LogP contribution in [0.25, 0.3) is 0 Å². The topological polar surface area (TPSA) is 69.6 Å². The van der Waals surface area contributed by atoms with Gasteiger partial charge in [-0.05, 0) is 19.3 Å². The van der Waals surface area contributed by atoms with Gasteiger partial charge >= 0.3 is 0 Å². The zero-order valence-corrected chi connectivity index (χ0v) is 35.6. The zero-order chi connectivity index (χ0) is 37.8. The largest absolute Gasteiger partial charge is 0.394 e. The van der Waals surface area contributed by atoms with Crippen LogP contribution in [0.2, 0.25) is 0 Å². The fraction of sp³-hybridized carbons (Fsp3) is 0.938. The molecule has 0 aromatic rings. The van der Waals surface area contributed by atoms with E-state index in [1.165, 1.54) is 225 Å². The Kier molecular flexibility index (Phi) is 43.8. The number of rotatable bonds is 44. The summed E-state index contributed by atoms with van der Waals surface area (Å²) in [6.45, 7) is 4.33. The zero-order valence-electron chi connectivity index (χ0n) is 35.6. The van der Waals surface area contributed by atoms with Crippen molar-refractivity contribution in [2.75, 3.05) is 6.61 Å². The summed E-state index contributed by atoms with van der Waals surface area (Å²) >= 11 is 0. The van der Waals surface area contributed by atoms with Crippen LogP contribution in [0.1, 0.15) is 271 Å². The molecule has 4 nitrogen and oxygen atoms in total. The summed E-state index contributed by atoms with van der Waals surface area (Å²) in [6.07, 6.45) is 56.2. The average Bonchev–Trinajstić information content (AvgIpc) is 3.15. The maximum absolute atomic E-state index is 12.4. The third-order valence-electron chi connectivity index (χ3n) is 11.3. The van der Waals surface area contributed by atoms with Crippen molar-refractivity contribution in [2.24, 2.45) is 0 Å². The highest BCUT2D eigenvalue weighted by Crippen LogP contribution is 2.17. The number of amides is 1. The monoisotopic (exact) mass is 734 g/mol. The van der Waals surface area contributed by atoms with Gasteiger partial charge in [-0.2, -0.15) is 0 Å². The van der Waals surface area contributed by atoms with Crippen molar-refractivity contribution in [2.45, 2.75) is 283 Å². The maximum atomic E-state index is 12.4. The first kappa shape index (κ1) is 51.1. The number of aliphatic hydroxyl groups excluding tert-OH is 2. The summed E-state index contributed by atoms with van der Waals surface area (Å²) in [5, 5.41) is 23.0. The summed E-state index contributed by atoms with van der Waals surface area (Å²) < 4.78 is 0. The van der Waals surface area contributed by atoms with Crippen LogP contribution in [0.4, 0.5) is 0 Å². The molecule has 0 saturated heterocycles. The molecule has 0 rings (SSSR count). The molecule has 4 heteroatoms. The van der Waals surface area contributed by atoms with Crippen LogP contribution in [0.15, 0.2) is 12.2 Å². The predicted molar refractivity (Wildman–Crippen MR) is 230 cm³/mol.